The van der Waals surface area contributed by atoms with Gasteiger partial charge in [0.25, 0.3) is 0 Å². The molecule has 0 radical (unpaired) electrons. The molecule has 0 heterocycles. The molecule has 0 fully saturated rings. The summed E-state index contributed by atoms with van der Waals surface area (Å²) in [5, 5.41) is 0.577. The van der Waals surface area contributed by atoms with Gasteiger partial charge >= 0.3 is 0 Å². The highest BCUT2D eigenvalue weighted by molar-refractivity contribution is 9.09. The van der Waals surface area contributed by atoms with Crippen molar-refractivity contribution >= 4 is 15.9 Å². The van der Waals surface area contributed by atoms with Gasteiger partial charge in [-0.05, 0) is 18.9 Å². The Kier molecular flexibility index (Phi) is 4.93. The minimum atomic E-state index is -0.602. The number of hydrogen-bond donors (Lipinski definition) is 0. The highest BCUT2D eigenvalue weighted by atomic mass is 79.9. The Morgan fingerprint density at radius 2 is 2.00 bits per heavy atom. The summed E-state index contributed by atoms with van der Waals surface area (Å²) in [5.41, 5.74) is 0.00262. The third kappa shape index (κ3) is 3.29. The lowest BCUT2D eigenvalue weighted by Gasteiger charge is -2.29. The highest BCUT2D eigenvalue weighted by Gasteiger charge is 2.29. The van der Waals surface area contributed by atoms with Crippen LogP contribution in [-0.4, -0.2) is 11.9 Å². The molecule has 1 atom stereocenters. The van der Waals surface area contributed by atoms with Crippen LogP contribution < -0.4 is 0 Å². The Bertz CT molecular complexity index is 340. The third-order valence-electron chi connectivity index (χ3n) is 2.43. The number of ether oxygens (including phenoxy) is 1. The quantitative estimate of drug-likeness (QED) is 0.741. The van der Waals surface area contributed by atoms with Crippen LogP contribution in [0.1, 0.15) is 26.3 Å². The van der Waals surface area contributed by atoms with E-state index in [0.29, 0.717) is 23.4 Å². The molecule has 0 amide bonds. The third-order valence-corrected chi connectivity index (χ3v) is 3.50. The first kappa shape index (κ1) is 13.7. The highest BCUT2D eigenvalue weighted by Crippen LogP contribution is 2.30. The van der Waals surface area contributed by atoms with E-state index >= 15 is 0 Å². The molecule has 1 aromatic carbocycles. The van der Waals surface area contributed by atoms with Crippen LogP contribution in [0.5, 0.6) is 0 Å². The molecule has 0 spiro atoms. The van der Waals surface area contributed by atoms with Gasteiger partial charge < -0.3 is 4.74 Å². The van der Waals surface area contributed by atoms with Crippen molar-refractivity contribution in [1.29, 1.82) is 0 Å². The Balaban J connectivity index is 2.91. The molecule has 1 unspecified atom stereocenters. The van der Waals surface area contributed by atoms with Gasteiger partial charge in [-0.25, -0.2) is 4.39 Å². The van der Waals surface area contributed by atoms with Gasteiger partial charge in [-0.15, -0.1) is 0 Å². The smallest absolute Gasteiger partial charge is 0.129 e. The van der Waals surface area contributed by atoms with E-state index in [-0.39, 0.29) is 5.82 Å². The molecule has 0 aliphatic rings. The minimum absolute atomic E-state index is 0.215. The predicted molar refractivity (Wildman–Crippen MR) is 68.3 cm³/mol. The van der Waals surface area contributed by atoms with Gasteiger partial charge in [0.15, 0.2) is 0 Å². The summed E-state index contributed by atoms with van der Waals surface area (Å²) >= 11 is 3.40. The topological polar surface area (TPSA) is 9.23 Å². The number of rotatable bonds is 5. The van der Waals surface area contributed by atoms with Gasteiger partial charge in [0.1, 0.15) is 11.4 Å². The van der Waals surface area contributed by atoms with Crippen LogP contribution in [-0.2, 0) is 10.3 Å². The van der Waals surface area contributed by atoms with E-state index in [1.54, 1.807) is 12.1 Å². The fourth-order valence-electron chi connectivity index (χ4n) is 1.43. The summed E-state index contributed by atoms with van der Waals surface area (Å²) in [4.78, 5) is 0. The molecule has 3 heteroatoms. The fourth-order valence-corrected chi connectivity index (χ4v) is 1.89. The first-order valence-electron chi connectivity index (χ1n) is 5.44. The van der Waals surface area contributed by atoms with Gasteiger partial charge in [0.05, 0.1) is 6.61 Å². The van der Waals surface area contributed by atoms with Gasteiger partial charge in [0.2, 0.25) is 0 Å². The summed E-state index contributed by atoms with van der Waals surface area (Å²) in [7, 11) is 0. The van der Waals surface area contributed by atoms with E-state index in [0.717, 1.165) is 0 Å². The molecule has 0 aliphatic carbocycles. The van der Waals surface area contributed by atoms with Crippen molar-refractivity contribution in [1.82, 2.24) is 0 Å². The average molecular weight is 289 g/mol. The maximum atomic E-state index is 13.7. The van der Waals surface area contributed by atoms with Crippen LogP contribution in [0, 0.1) is 11.7 Å². The van der Waals surface area contributed by atoms with E-state index in [9.17, 15) is 4.39 Å². The van der Waals surface area contributed by atoms with E-state index in [1.807, 2.05) is 13.0 Å². The Labute approximate surface area is 105 Å². The number of benzene rings is 1. The van der Waals surface area contributed by atoms with Crippen molar-refractivity contribution in [3.8, 4) is 0 Å². The van der Waals surface area contributed by atoms with Crippen LogP contribution >= 0.6 is 15.9 Å². The SMILES string of the molecule is CC(C)COC(C)(CBr)c1ccccc1F. The zero-order chi connectivity index (χ0) is 12.2. The largest absolute Gasteiger partial charge is 0.369 e. The van der Waals surface area contributed by atoms with Gasteiger partial charge in [-0.3, -0.25) is 0 Å². The number of halogens is 2. The number of hydrogen-bond acceptors (Lipinski definition) is 1. The first-order chi connectivity index (χ1) is 7.49. The van der Waals surface area contributed by atoms with E-state index in [4.69, 9.17) is 4.74 Å². The lowest BCUT2D eigenvalue weighted by molar-refractivity contribution is -0.0323. The Morgan fingerprint density at radius 3 is 2.50 bits per heavy atom. The molecule has 1 nitrogen and oxygen atoms in total. The summed E-state index contributed by atoms with van der Waals surface area (Å²) in [6, 6.07) is 6.76. The normalized spacial score (nSPS) is 15.1. The van der Waals surface area contributed by atoms with Crippen molar-refractivity contribution in [3.05, 3.63) is 35.6 Å². The minimum Gasteiger partial charge on any atom is -0.369 e. The zero-order valence-electron chi connectivity index (χ0n) is 9.97. The zero-order valence-corrected chi connectivity index (χ0v) is 11.6. The molecular formula is C13H18BrFO. The van der Waals surface area contributed by atoms with Crippen molar-refractivity contribution in [2.45, 2.75) is 26.4 Å². The van der Waals surface area contributed by atoms with Crippen molar-refractivity contribution in [3.63, 3.8) is 0 Å². The molecule has 0 saturated heterocycles. The summed E-state index contributed by atoms with van der Waals surface area (Å²) in [5.74, 6) is 0.221. The summed E-state index contributed by atoms with van der Waals surface area (Å²) in [6.07, 6.45) is 0. The van der Waals surface area contributed by atoms with Crippen LogP contribution in [0.15, 0.2) is 24.3 Å². The molecule has 0 saturated carbocycles. The number of alkyl halides is 1. The second-order valence-corrected chi connectivity index (χ2v) is 5.11. The molecule has 0 aliphatic heterocycles. The summed E-state index contributed by atoms with van der Waals surface area (Å²) in [6.45, 7) is 6.69. The van der Waals surface area contributed by atoms with Crippen LogP contribution in [0.2, 0.25) is 0 Å². The lowest BCUT2D eigenvalue weighted by Crippen LogP contribution is -2.30. The van der Waals surface area contributed by atoms with Gasteiger partial charge in [-0.2, -0.15) is 0 Å². The first-order valence-corrected chi connectivity index (χ1v) is 6.56. The second kappa shape index (κ2) is 5.78. The molecule has 0 N–H and O–H groups in total. The Morgan fingerprint density at radius 1 is 1.38 bits per heavy atom. The van der Waals surface area contributed by atoms with Crippen molar-refractivity contribution in [2.75, 3.05) is 11.9 Å². The Hall–Kier alpha value is -0.410. The lowest BCUT2D eigenvalue weighted by atomic mass is 9.97. The van der Waals surface area contributed by atoms with Crippen LogP contribution in [0.25, 0.3) is 0 Å². The monoisotopic (exact) mass is 288 g/mol. The molecular weight excluding hydrogens is 271 g/mol. The van der Waals surface area contributed by atoms with E-state index < -0.39 is 5.60 Å². The van der Waals surface area contributed by atoms with Crippen LogP contribution in [0.3, 0.4) is 0 Å². The standard InChI is InChI=1S/C13H18BrFO/c1-10(2)8-16-13(3,9-14)11-6-4-5-7-12(11)15/h4-7,10H,8-9H2,1-3H3. The fraction of sp³-hybridized carbons (Fsp3) is 0.538. The molecule has 90 valence electrons. The van der Waals surface area contributed by atoms with Crippen molar-refractivity contribution in [2.24, 2.45) is 5.92 Å². The molecule has 0 aromatic heterocycles. The average Bonchev–Trinajstić information content (AvgIpc) is 2.26. The van der Waals surface area contributed by atoms with Gasteiger partial charge in [-0.1, -0.05) is 48.0 Å². The maximum Gasteiger partial charge on any atom is 0.129 e. The van der Waals surface area contributed by atoms with E-state index in [1.165, 1.54) is 6.07 Å². The molecule has 16 heavy (non-hydrogen) atoms. The van der Waals surface area contributed by atoms with Crippen molar-refractivity contribution < 1.29 is 9.13 Å². The predicted octanol–water partition coefficient (Wildman–Crippen LogP) is 4.11. The summed E-state index contributed by atoms with van der Waals surface area (Å²) < 4.78 is 19.5. The molecule has 1 aromatic rings. The molecule has 1 rings (SSSR count). The van der Waals surface area contributed by atoms with Gasteiger partial charge in [0, 0.05) is 10.9 Å². The maximum absolute atomic E-state index is 13.7. The molecule has 0 bridgehead atoms. The second-order valence-electron chi connectivity index (χ2n) is 4.55. The van der Waals surface area contributed by atoms with E-state index in [2.05, 4.69) is 29.8 Å². The van der Waals surface area contributed by atoms with Crippen LogP contribution in [0.4, 0.5) is 4.39 Å².